The second-order valence-corrected chi connectivity index (χ2v) is 7.42. The molecule has 1 N–H and O–H groups in total. The molecular weight excluding hydrogens is 384 g/mol. The number of methoxy groups -OCH3 is 1. The number of hydrogen-bond acceptors (Lipinski definition) is 3. The lowest BCUT2D eigenvalue weighted by atomic mass is 9.93. The molecule has 5 heteroatoms. The van der Waals surface area contributed by atoms with Crippen LogP contribution < -0.4 is 15.0 Å². The van der Waals surface area contributed by atoms with E-state index < -0.39 is 0 Å². The van der Waals surface area contributed by atoms with Gasteiger partial charge >= 0.3 is 0 Å². The Bertz CT molecular complexity index is 495. The third-order valence-corrected chi connectivity index (χ3v) is 5.44. The Hall–Kier alpha value is -0.260. The van der Waals surface area contributed by atoms with E-state index in [9.17, 15) is 0 Å². The molecule has 1 aliphatic rings. The van der Waals surface area contributed by atoms with Gasteiger partial charge in [0.15, 0.2) is 0 Å². The number of anilines is 1. The predicted octanol–water partition coefficient (Wildman–Crippen LogP) is 4.19. The van der Waals surface area contributed by atoms with Crippen LogP contribution in [0.15, 0.2) is 21.1 Å². The van der Waals surface area contributed by atoms with Gasteiger partial charge in [0.1, 0.15) is 5.75 Å². The number of rotatable bonds is 3. The maximum absolute atomic E-state index is 5.43. The van der Waals surface area contributed by atoms with E-state index in [1.54, 1.807) is 7.11 Å². The van der Waals surface area contributed by atoms with Crippen LogP contribution >= 0.6 is 31.9 Å². The fraction of sp³-hybridized carbons (Fsp3) is 0.600. The van der Waals surface area contributed by atoms with Crippen LogP contribution in [0.3, 0.4) is 0 Å². The molecule has 0 aliphatic carbocycles. The molecule has 20 heavy (non-hydrogen) atoms. The van der Waals surface area contributed by atoms with E-state index in [-0.39, 0.29) is 5.54 Å². The first-order valence-corrected chi connectivity index (χ1v) is 8.53. The van der Waals surface area contributed by atoms with Crippen LogP contribution in [0.2, 0.25) is 0 Å². The molecule has 0 radical (unpaired) electrons. The topological polar surface area (TPSA) is 24.5 Å². The van der Waals surface area contributed by atoms with Crippen molar-refractivity contribution in [2.45, 2.75) is 38.8 Å². The van der Waals surface area contributed by atoms with Gasteiger partial charge in [-0.1, -0.05) is 6.92 Å². The molecule has 0 amide bonds. The molecular formula is C15H22Br2N2O. The van der Waals surface area contributed by atoms with Crippen LogP contribution in [0, 0.1) is 0 Å². The number of ether oxygens (including phenoxy) is 1. The summed E-state index contributed by atoms with van der Waals surface area (Å²) in [6.07, 6.45) is 1.11. The highest BCUT2D eigenvalue weighted by atomic mass is 79.9. The van der Waals surface area contributed by atoms with Crippen LogP contribution in [0.4, 0.5) is 5.69 Å². The first kappa shape index (κ1) is 16.1. The highest BCUT2D eigenvalue weighted by molar-refractivity contribution is 9.11. The van der Waals surface area contributed by atoms with Gasteiger partial charge in [-0.05, 0) is 58.2 Å². The van der Waals surface area contributed by atoms with E-state index in [1.807, 2.05) is 0 Å². The van der Waals surface area contributed by atoms with Gasteiger partial charge in [-0.3, -0.25) is 0 Å². The number of hydrogen-bond donors (Lipinski definition) is 1. The standard InChI is InChI=1S/C15H22Br2N2O/c1-5-15(3)9-19(10(2)8-18-15)13-7-14(20-4)12(17)6-11(13)16/h6-7,10,18H,5,8-9H2,1-4H3. The summed E-state index contributed by atoms with van der Waals surface area (Å²) >= 11 is 7.22. The Kier molecular flexibility index (Phi) is 5.03. The Morgan fingerprint density at radius 1 is 1.40 bits per heavy atom. The molecule has 3 nitrogen and oxygen atoms in total. The Morgan fingerprint density at radius 2 is 2.10 bits per heavy atom. The monoisotopic (exact) mass is 404 g/mol. The predicted molar refractivity (Wildman–Crippen MR) is 91.9 cm³/mol. The van der Waals surface area contributed by atoms with Crippen molar-refractivity contribution < 1.29 is 4.74 Å². The summed E-state index contributed by atoms with van der Waals surface area (Å²) in [5, 5.41) is 3.66. The fourth-order valence-electron chi connectivity index (χ4n) is 2.55. The lowest BCUT2D eigenvalue weighted by Crippen LogP contribution is -2.62. The molecule has 1 aromatic carbocycles. The molecule has 1 aliphatic heterocycles. The van der Waals surface area contributed by atoms with Crippen molar-refractivity contribution in [2.75, 3.05) is 25.1 Å². The van der Waals surface area contributed by atoms with Crippen molar-refractivity contribution in [2.24, 2.45) is 0 Å². The van der Waals surface area contributed by atoms with E-state index in [0.29, 0.717) is 6.04 Å². The zero-order chi connectivity index (χ0) is 14.9. The van der Waals surface area contributed by atoms with Crippen molar-refractivity contribution in [3.63, 3.8) is 0 Å². The minimum absolute atomic E-state index is 0.159. The highest BCUT2D eigenvalue weighted by Gasteiger charge is 2.33. The summed E-state index contributed by atoms with van der Waals surface area (Å²) in [5.74, 6) is 0.868. The van der Waals surface area contributed by atoms with Crippen LogP contribution in [-0.4, -0.2) is 31.8 Å². The molecule has 2 unspecified atom stereocenters. The van der Waals surface area contributed by atoms with Crippen molar-refractivity contribution in [3.8, 4) is 5.75 Å². The lowest BCUT2D eigenvalue weighted by Gasteiger charge is -2.46. The molecule has 1 fully saturated rings. The molecule has 0 bridgehead atoms. The van der Waals surface area contributed by atoms with Gasteiger partial charge < -0.3 is 15.0 Å². The van der Waals surface area contributed by atoms with E-state index in [4.69, 9.17) is 4.74 Å². The van der Waals surface area contributed by atoms with Crippen LogP contribution in [0.1, 0.15) is 27.2 Å². The summed E-state index contributed by atoms with van der Waals surface area (Å²) in [5.41, 5.74) is 1.35. The number of nitrogens with zero attached hydrogens (tertiary/aromatic N) is 1. The van der Waals surface area contributed by atoms with Gasteiger partial charge in [-0.2, -0.15) is 0 Å². The zero-order valence-corrected chi connectivity index (χ0v) is 15.6. The maximum atomic E-state index is 5.43. The number of nitrogens with one attached hydrogen (secondary N) is 1. The van der Waals surface area contributed by atoms with Crippen molar-refractivity contribution in [3.05, 3.63) is 21.1 Å². The minimum Gasteiger partial charge on any atom is -0.495 e. The first-order valence-electron chi connectivity index (χ1n) is 6.95. The molecule has 0 spiro atoms. The average Bonchev–Trinajstić information content (AvgIpc) is 2.42. The molecule has 2 rings (SSSR count). The number of halogens is 2. The second-order valence-electron chi connectivity index (χ2n) is 5.71. The SMILES string of the molecule is CCC1(C)CN(c2cc(OC)c(Br)cc2Br)C(C)CN1. The normalized spacial score (nSPS) is 26.7. The van der Waals surface area contributed by atoms with E-state index in [1.165, 1.54) is 5.69 Å². The van der Waals surface area contributed by atoms with Crippen molar-refractivity contribution in [1.82, 2.24) is 5.32 Å². The molecule has 0 saturated carbocycles. The first-order chi connectivity index (χ1) is 9.40. The van der Waals surface area contributed by atoms with Gasteiger partial charge in [-0.15, -0.1) is 0 Å². The van der Waals surface area contributed by atoms with Gasteiger partial charge in [0, 0.05) is 35.2 Å². The van der Waals surface area contributed by atoms with Crippen LogP contribution in [0.25, 0.3) is 0 Å². The van der Waals surface area contributed by atoms with E-state index >= 15 is 0 Å². The van der Waals surface area contributed by atoms with Gasteiger partial charge in [0.2, 0.25) is 0 Å². The van der Waals surface area contributed by atoms with Crippen LogP contribution in [-0.2, 0) is 0 Å². The third kappa shape index (κ3) is 3.15. The second kappa shape index (κ2) is 6.24. The van der Waals surface area contributed by atoms with E-state index in [2.05, 4.69) is 75.0 Å². The Morgan fingerprint density at radius 3 is 2.70 bits per heavy atom. The third-order valence-electron chi connectivity index (χ3n) is 4.19. The van der Waals surface area contributed by atoms with E-state index in [0.717, 1.165) is 34.2 Å². The molecule has 1 aromatic rings. The summed E-state index contributed by atoms with van der Waals surface area (Å²) in [4.78, 5) is 2.46. The number of piperazine rings is 1. The Balaban J connectivity index is 2.38. The largest absolute Gasteiger partial charge is 0.495 e. The quantitative estimate of drug-likeness (QED) is 0.815. The minimum atomic E-state index is 0.159. The maximum Gasteiger partial charge on any atom is 0.135 e. The fourth-order valence-corrected chi connectivity index (χ4v) is 3.93. The van der Waals surface area contributed by atoms with Crippen molar-refractivity contribution >= 4 is 37.5 Å². The molecule has 0 aromatic heterocycles. The Labute approximate surface area is 138 Å². The summed E-state index contributed by atoms with van der Waals surface area (Å²) in [6.45, 7) is 8.76. The van der Waals surface area contributed by atoms with Gasteiger partial charge in [0.05, 0.1) is 17.3 Å². The lowest BCUT2D eigenvalue weighted by molar-refractivity contribution is 0.285. The molecule has 1 saturated heterocycles. The van der Waals surface area contributed by atoms with Crippen LogP contribution in [0.5, 0.6) is 5.75 Å². The van der Waals surface area contributed by atoms with Crippen molar-refractivity contribution in [1.29, 1.82) is 0 Å². The van der Waals surface area contributed by atoms with Gasteiger partial charge in [-0.25, -0.2) is 0 Å². The smallest absolute Gasteiger partial charge is 0.135 e. The highest BCUT2D eigenvalue weighted by Crippen LogP contribution is 2.38. The summed E-state index contributed by atoms with van der Waals surface area (Å²) in [7, 11) is 1.70. The zero-order valence-electron chi connectivity index (χ0n) is 12.5. The summed E-state index contributed by atoms with van der Waals surface area (Å²) in [6, 6.07) is 4.62. The molecule has 1 heterocycles. The average molecular weight is 406 g/mol. The van der Waals surface area contributed by atoms with Gasteiger partial charge in [0.25, 0.3) is 0 Å². The summed E-state index contributed by atoms with van der Waals surface area (Å²) < 4.78 is 7.50. The molecule has 112 valence electrons. The molecule has 2 atom stereocenters. The number of benzene rings is 1.